The van der Waals surface area contributed by atoms with Crippen molar-refractivity contribution in [2.24, 2.45) is 5.73 Å². The van der Waals surface area contributed by atoms with E-state index in [1.165, 1.54) is 18.2 Å². The van der Waals surface area contributed by atoms with Gasteiger partial charge < -0.3 is 11.1 Å². The largest absolute Gasteiger partial charge is 0.395 e. The predicted molar refractivity (Wildman–Crippen MR) is 116 cm³/mol. The number of nitrogens with one attached hydrogen (secondary N) is 1. The van der Waals surface area contributed by atoms with Gasteiger partial charge in [0.15, 0.2) is 0 Å². The van der Waals surface area contributed by atoms with E-state index in [0.717, 1.165) is 37.0 Å². The first kappa shape index (κ1) is 21.8. The zero-order valence-electron chi connectivity index (χ0n) is 16.6. The third kappa shape index (κ3) is 5.00. The minimum atomic E-state index is -1.13. The first-order valence-corrected chi connectivity index (χ1v) is 10.3. The molecule has 1 atom stereocenters. The van der Waals surface area contributed by atoms with Crippen molar-refractivity contribution >= 4 is 29.1 Å². The van der Waals surface area contributed by atoms with E-state index in [4.69, 9.17) is 17.3 Å². The lowest BCUT2D eigenvalue weighted by Crippen LogP contribution is -2.48. The summed E-state index contributed by atoms with van der Waals surface area (Å²) in [5, 5.41) is 3.37. The van der Waals surface area contributed by atoms with Gasteiger partial charge in [0.2, 0.25) is 5.91 Å². The van der Waals surface area contributed by atoms with Gasteiger partial charge >= 0.3 is 0 Å². The number of benzene rings is 2. The lowest BCUT2D eigenvalue weighted by atomic mass is 9.94. The molecule has 1 aliphatic carbocycles. The summed E-state index contributed by atoms with van der Waals surface area (Å²) in [6.45, 7) is 3.53. The molecule has 1 fully saturated rings. The normalized spacial score (nSPS) is 15.3. The van der Waals surface area contributed by atoms with Crippen molar-refractivity contribution in [1.29, 1.82) is 0 Å². The van der Waals surface area contributed by atoms with Crippen LogP contribution < -0.4 is 16.0 Å². The Bertz CT molecular complexity index is 944. The molecule has 1 unspecified atom stereocenters. The van der Waals surface area contributed by atoms with Gasteiger partial charge in [-0.05, 0) is 37.1 Å². The van der Waals surface area contributed by atoms with Crippen LogP contribution >= 0.6 is 11.6 Å². The first-order chi connectivity index (χ1) is 14.4. The number of rotatable bonds is 6. The Morgan fingerprint density at radius 2 is 1.83 bits per heavy atom. The van der Waals surface area contributed by atoms with Gasteiger partial charge in [-0.2, -0.15) is 0 Å². The highest BCUT2D eigenvalue weighted by atomic mass is 35.5. The van der Waals surface area contributed by atoms with Crippen molar-refractivity contribution < 1.29 is 14.0 Å². The monoisotopic (exact) mass is 429 g/mol. The number of anilines is 1. The fourth-order valence-electron chi connectivity index (χ4n) is 3.79. The SMILES string of the molecule is C=C(N)C(=O)N(c1cccc(F)c1)C(C(=O)NC1CCCCC1)c1ccccc1Cl. The second-order valence-corrected chi connectivity index (χ2v) is 7.86. The van der Waals surface area contributed by atoms with Crippen LogP contribution in [0.5, 0.6) is 0 Å². The van der Waals surface area contributed by atoms with Gasteiger partial charge in [-0.3, -0.25) is 14.5 Å². The van der Waals surface area contributed by atoms with Crippen LogP contribution in [0.2, 0.25) is 5.02 Å². The summed E-state index contributed by atoms with van der Waals surface area (Å²) in [4.78, 5) is 27.7. The average Bonchev–Trinajstić information content (AvgIpc) is 2.73. The molecule has 7 heteroatoms. The van der Waals surface area contributed by atoms with E-state index in [2.05, 4.69) is 11.9 Å². The number of nitrogens with zero attached hydrogens (tertiary/aromatic N) is 1. The van der Waals surface area contributed by atoms with Crippen LogP contribution in [-0.2, 0) is 9.59 Å². The quantitative estimate of drug-likeness (QED) is 0.665. The summed E-state index contributed by atoms with van der Waals surface area (Å²) in [6.07, 6.45) is 4.96. The molecular weight excluding hydrogens is 405 g/mol. The number of carbonyl (C=O) groups excluding carboxylic acids is 2. The Labute approximate surface area is 180 Å². The van der Waals surface area contributed by atoms with E-state index in [1.54, 1.807) is 30.3 Å². The Morgan fingerprint density at radius 3 is 2.47 bits per heavy atom. The second kappa shape index (κ2) is 9.76. The number of hydrogen-bond acceptors (Lipinski definition) is 3. The van der Waals surface area contributed by atoms with Crippen LogP contribution in [0.1, 0.15) is 43.7 Å². The molecule has 1 saturated carbocycles. The molecular formula is C23H25ClFN3O2. The molecule has 0 bridgehead atoms. The molecule has 3 rings (SSSR count). The van der Waals surface area contributed by atoms with E-state index in [9.17, 15) is 14.0 Å². The maximum absolute atomic E-state index is 14.0. The molecule has 0 radical (unpaired) electrons. The minimum Gasteiger partial charge on any atom is -0.395 e. The van der Waals surface area contributed by atoms with Crippen LogP contribution in [0, 0.1) is 5.82 Å². The topological polar surface area (TPSA) is 75.4 Å². The standard InChI is InChI=1S/C23H25ClFN3O2/c1-15(26)23(30)28(18-11-7-8-16(25)14-18)21(19-12-5-6-13-20(19)24)22(29)27-17-9-3-2-4-10-17/h5-8,11-14,17,21H,1-4,9-10,26H2,(H,27,29). The van der Waals surface area contributed by atoms with Crippen molar-refractivity contribution in [3.63, 3.8) is 0 Å². The summed E-state index contributed by atoms with van der Waals surface area (Å²) in [6, 6.07) is 11.1. The Hall–Kier alpha value is -2.86. The average molecular weight is 430 g/mol. The molecule has 0 heterocycles. The third-order valence-corrected chi connectivity index (χ3v) is 5.58. The van der Waals surface area contributed by atoms with Gasteiger partial charge in [0.25, 0.3) is 5.91 Å². The molecule has 0 saturated heterocycles. The number of amides is 2. The highest BCUT2D eigenvalue weighted by Gasteiger charge is 2.35. The molecule has 1 aliphatic rings. The number of nitrogens with two attached hydrogens (primary N) is 1. The molecule has 0 aliphatic heterocycles. The maximum atomic E-state index is 14.0. The zero-order chi connectivity index (χ0) is 21.7. The summed E-state index contributed by atoms with van der Waals surface area (Å²) in [5.41, 5.74) is 6.06. The summed E-state index contributed by atoms with van der Waals surface area (Å²) < 4.78 is 14.0. The van der Waals surface area contributed by atoms with Crippen molar-refractivity contribution in [3.8, 4) is 0 Å². The Balaban J connectivity index is 2.09. The van der Waals surface area contributed by atoms with Gasteiger partial charge in [0, 0.05) is 22.3 Å². The molecule has 158 valence electrons. The highest BCUT2D eigenvalue weighted by molar-refractivity contribution is 6.31. The fraction of sp³-hybridized carbons (Fsp3) is 0.304. The number of halogens is 2. The van der Waals surface area contributed by atoms with E-state index in [-0.39, 0.29) is 17.4 Å². The fourth-order valence-corrected chi connectivity index (χ4v) is 4.02. The predicted octanol–water partition coefficient (Wildman–Crippen LogP) is 4.47. The van der Waals surface area contributed by atoms with Crippen molar-refractivity contribution in [2.45, 2.75) is 44.2 Å². The van der Waals surface area contributed by atoms with E-state index in [0.29, 0.717) is 10.6 Å². The molecule has 5 nitrogen and oxygen atoms in total. The molecule has 3 N–H and O–H groups in total. The van der Waals surface area contributed by atoms with Gasteiger partial charge in [-0.15, -0.1) is 0 Å². The van der Waals surface area contributed by atoms with E-state index in [1.807, 2.05) is 0 Å². The second-order valence-electron chi connectivity index (χ2n) is 7.45. The minimum absolute atomic E-state index is 0.0155. The smallest absolute Gasteiger partial charge is 0.274 e. The molecule has 0 spiro atoms. The van der Waals surface area contributed by atoms with Crippen LogP contribution in [0.25, 0.3) is 0 Å². The molecule has 2 aromatic carbocycles. The van der Waals surface area contributed by atoms with Crippen LogP contribution in [0.15, 0.2) is 60.8 Å². The molecule has 30 heavy (non-hydrogen) atoms. The third-order valence-electron chi connectivity index (χ3n) is 5.24. The number of carbonyl (C=O) groups is 2. The van der Waals surface area contributed by atoms with Gasteiger partial charge in [0.1, 0.15) is 11.9 Å². The van der Waals surface area contributed by atoms with Crippen molar-refractivity contribution in [3.05, 3.63) is 77.2 Å². The lowest BCUT2D eigenvalue weighted by Gasteiger charge is -2.33. The van der Waals surface area contributed by atoms with Gasteiger partial charge in [0.05, 0.1) is 5.70 Å². The van der Waals surface area contributed by atoms with E-state index < -0.39 is 23.7 Å². The Kier molecular flexibility index (Phi) is 7.11. The summed E-state index contributed by atoms with van der Waals surface area (Å²) >= 11 is 6.41. The van der Waals surface area contributed by atoms with Gasteiger partial charge in [-0.1, -0.05) is 61.7 Å². The molecule has 2 aromatic rings. The van der Waals surface area contributed by atoms with Crippen LogP contribution in [-0.4, -0.2) is 17.9 Å². The van der Waals surface area contributed by atoms with Gasteiger partial charge in [-0.25, -0.2) is 4.39 Å². The van der Waals surface area contributed by atoms with Crippen LogP contribution in [0.4, 0.5) is 10.1 Å². The zero-order valence-corrected chi connectivity index (χ0v) is 17.4. The lowest BCUT2D eigenvalue weighted by molar-refractivity contribution is -0.126. The number of hydrogen-bond donors (Lipinski definition) is 2. The van der Waals surface area contributed by atoms with Crippen molar-refractivity contribution in [1.82, 2.24) is 5.32 Å². The van der Waals surface area contributed by atoms with E-state index >= 15 is 0 Å². The molecule has 0 aromatic heterocycles. The van der Waals surface area contributed by atoms with Crippen LogP contribution in [0.3, 0.4) is 0 Å². The van der Waals surface area contributed by atoms with Crippen molar-refractivity contribution in [2.75, 3.05) is 4.90 Å². The summed E-state index contributed by atoms with van der Waals surface area (Å²) in [5.74, 6) is -1.63. The molecule has 2 amide bonds. The first-order valence-electron chi connectivity index (χ1n) is 9.97. The summed E-state index contributed by atoms with van der Waals surface area (Å²) in [7, 11) is 0. The Morgan fingerprint density at radius 1 is 1.13 bits per heavy atom. The maximum Gasteiger partial charge on any atom is 0.274 e. The highest BCUT2D eigenvalue weighted by Crippen LogP contribution is 2.33.